The number of para-hydroxylation sites is 1. The van der Waals surface area contributed by atoms with E-state index in [1.54, 1.807) is 18.7 Å². The summed E-state index contributed by atoms with van der Waals surface area (Å²) in [5.41, 5.74) is 3.62. The number of aromatic amines is 1. The highest BCUT2D eigenvalue weighted by Crippen LogP contribution is 2.67. The molecule has 6 atom stereocenters. The summed E-state index contributed by atoms with van der Waals surface area (Å²) < 4.78 is 10.6. The topological polar surface area (TPSA) is 88.3 Å². The van der Waals surface area contributed by atoms with Crippen molar-refractivity contribution in [2.75, 3.05) is 7.11 Å². The Hall–Kier alpha value is -3.30. The van der Waals surface area contributed by atoms with Crippen LogP contribution in [0.25, 0.3) is 17.0 Å². The second-order valence-corrected chi connectivity index (χ2v) is 12.6. The molecule has 0 amide bonds. The molecular formula is C33H38N2O4. The first-order chi connectivity index (χ1) is 18.6. The number of hydrogen-bond donors (Lipinski definition) is 2. The number of rotatable bonds is 1. The third-order valence-corrected chi connectivity index (χ3v) is 10.9. The Labute approximate surface area is 229 Å². The van der Waals surface area contributed by atoms with Crippen LogP contribution in [-0.2, 0) is 6.42 Å². The van der Waals surface area contributed by atoms with Crippen molar-refractivity contribution in [3.63, 3.8) is 0 Å². The van der Waals surface area contributed by atoms with Crippen LogP contribution in [0.3, 0.4) is 0 Å². The lowest BCUT2D eigenvalue weighted by Gasteiger charge is -2.58. The molecule has 3 aromatic rings. The minimum atomic E-state index is -0.909. The van der Waals surface area contributed by atoms with Gasteiger partial charge in [0, 0.05) is 22.4 Å². The molecule has 39 heavy (non-hydrogen) atoms. The maximum atomic E-state index is 11.3. The molecule has 3 fully saturated rings. The second-order valence-electron chi connectivity index (χ2n) is 12.6. The fourth-order valence-corrected chi connectivity index (χ4v) is 8.73. The van der Waals surface area contributed by atoms with E-state index >= 15 is 0 Å². The minimum absolute atomic E-state index is 0.0977. The van der Waals surface area contributed by atoms with E-state index in [0.717, 1.165) is 60.8 Å². The Bertz CT molecular complexity index is 1560. The Morgan fingerprint density at radius 2 is 2.00 bits per heavy atom. The summed E-state index contributed by atoms with van der Waals surface area (Å²) in [6.45, 7) is 6.63. The molecule has 4 aliphatic rings. The summed E-state index contributed by atoms with van der Waals surface area (Å²) in [6, 6.07) is 7.29. The minimum Gasteiger partial charge on any atom is -0.495 e. The zero-order valence-electron chi connectivity index (χ0n) is 23.3. The normalized spacial score (nSPS) is 34.4. The molecule has 4 aliphatic carbocycles. The number of H-pyrrole nitrogens is 1. The zero-order valence-corrected chi connectivity index (χ0v) is 23.3. The molecule has 0 bridgehead atoms. The maximum absolute atomic E-state index is 11.3. The van der Waals surface area contributed by atoms with Gasteiger partial charge in [-0.15, -0.1) is 6.42 Å². The van der Waals surface area contributed by atoms with Gasteiger partial charge in [-0.2, -0.15) is 0 Å². The van der Waals surface area contributed by atoms with E-state index in [9.17, 15) is 9.90 Å². The summed E-state index contributed by atoms with van der Waals surface area (Å²) in [4.78, 5) is 14.0. The van der Waals surface area contributed by atoms with Gasteiger partial charge < -0.3 is 19.4 Å². The zero-order chi connectivity index (χ0) is 27.6. The van der Waals surface area contributed by atoms with Crippen molar-refractivity contribution >= 4 is 17.0 Å². The Kier molecular flexibility index (Phi) is 6.07. The summed E-state index contributed by atoms with van der Waals surface area (Å²) >= 11 is 0. The van der Waals surface area contributed by atoms with Crippen molar-refractivity contribution in [1.29, 1.82) is 0 Å². The van der Waals surface area contributed by atoms with E-state index in [1.165, 1.54) is 12.0 Å². The van der Waals surface area contributed by atoms with Crippen LogP contribution >= 0.6 is 0 Å². The SMILES string of the molecule is C#CC1(O)CCC2C3CCC4=Cc5oncc5CC4(C)C3CCC21C.COc1cccc2c(C)cc(=O)[nH]c12. The fraction of sp³-hybridized carbons (Fsp3) is 0.515. The monoisotopic (exact) mass is 526 g/mol. The van der Waals surface area contributed by atoms with Crippen LogP contribution in [0.4, 0.5) is 0 Å². The molecule has 2 aromatic heterocycles. The lowest BCUT2D eigenvalue weighted by Crippen LogP contribution is -2.54. The smallest absolute Gasteiger partial charge is 0.248 e. The van der Waals surface area contributed by atoms with E-state index in [1.807, 2.05) is 31.3 Å². The molecule has 6 nitrogen and oxygen atoms in total. The first-order valence-corrected chi connectivity index (χ1v) is 14.1. The molecule has 7 rings (SSSR count). The Morgan fingerprint density at radius 1 is 1.21 bits per heavy atom. The molecule has 6 unspecified atom stereocenters. The van der Waals surface area contributed by atoms with Gasteiger partial charge in [0.05, 0.1) is 18.8 Å². The predicted octanol–water partition coefficient (Wildman–Crippen LogP) is 6.07. The Balaban J connectivity index is 0.000000168. The van der Waals surface area contributed by atoms with Crippen LogP contribution in [0, 0.1) is 47.9 Å². The summed E-state index contributed by atoms with van der Waals surface area (Å²) in [7, 11) is 1.59. The third-order valence-electron chi connectivity index (χ3n) is 10.9. The quantitative estimate of drug-likeness (QED) is 0.376. The van der Waals surface area contributed by atoms with Gasteiger partial charge in [-0.3, -0.25) is 4.79 Å². The molecule has 1 aromatic carbocycles. The van der Waals surface area contributed by atoms with E-state index in [2.05, 4.69) is 36.0 Å². The molecule has 0 saturated heterocycles. The number of aliphatic hydroxyl groups is 1. The molecule has 6 heteroatoms. The molecule has 2 heterocycles. The number of hydrogen-bond acceptors (Lipinski definition) is 5. The molecular weight excluding hydrogens is 488 g/mol. The summed E-state index contributed by atoms with van der Waals surface area (Å²) in [5, 5.41) is 16.1. The number of methoxy groups -OCH3 is 1. The average molecular weight is 527 g/mol. The van der Waals surface area contributed by atoms with Gasteiger partial charge in [-0.05, 0) is 92.7 Å². The van der Waals surface area contributed by atoms with Crippen LogP contribution < -0.4 is 10.3 Å². The van der Waals surface area contributed by atoms with Gasteiger partial charge in [0.1, 0.15) is 11.4 Å². The number of aromatic nitrogens is 2. The van der Waals surface area contributed by atoms with Crippen molar-refractivity contribution < 1.29 is 14.4 Å². The molecule has 2 N–H and O–H groups in total. The first-order valence-electron chi connectivity index (χ1n) is 14.1. The van der Waals surface area contributed by atoms with E-state index < -0.39 is 5.60 Å². The van der Waals surface area contributed by atoms with Gasteiger partial charge >= 0.3 is 0 Å². The summed E-state index contributed by atoms with van der Waals surface area (Å²) in [6.07, 6.45) is 17.4. The van der Waals surface area contributed by atoms with Gasteiger partial charge in [0.25, 0.3) is 0 Å². The number of pyridine rings is 1. The number of nitrogens with one attached hydrogen (secondary N) is 1. The molecule has 0 radical (unpaired) electrons. The second kappa shape index (κ2) is 9.13. The van der Waals surface area contributed by atoms with Crippen LogP contribution in [0.5, 0.6) is 5.75 Å². The highest BCUT2D eigenvalue weighted by molar-refractivity contribution is 5.86. The Morgan fingerprint density at radius 3 is 2.77 bits per heavy atom. The predicted molar refractivity (Wildman–Crippen MR) is 152 cm³/mol. The van der Waals surface area contributed by atoms with E-state index in [0.29, 0.717) is 23.5 Å². The van der Waals surface area contributed by atoms with Gasteiger partial charge in [0.2, 0.25) is 5.56 Å². The van der Waals surface area contributed by atoms with Crippen molar-refractivity contribution in [3.8, 4) is 18.1 Å². The lowest BCUT2D eigenvalue weighted by molar-refractivity contribution is -0.0975. The van der Waals surface area contributed by atoms with E-state index in [4.69, 9.17) is 15.7 Å². The number of terminal acetylenes is 1. The van der Waals surface area contributed by atoms with Gasteiger partial charge in [-0.1, -0.05) is 42.6 Å². The third kappa shape index (κ3) is 3.81. The number of allylic oxidation sites excluding steroid dienone is 1. The van der Waals surface area contributed by atoms with Crippen LogP contribution in [0.15, 0.2) is 45.4 Å². The van der Waals surface area contributed by atoms with Crippen molar-refractivity contribution in [2.24, 2.45) is 28.6 Å². The fourth-order valence-electron chi connectivity index (χ4n) is 8.73. The highest BCUT2D eigenvalue weighted by atomic mass is 16.5. The van der Waals surface area contributed by atoms with Crippen molar-refractivity contribution in [3.05, 3.63) is 63.3 Å². The van der Waals surface area contributed by atoms with Crippen molar-refractivity contribution in [2.45, 2.75) is 71.3 Å². The largest absolute Gasteiger partial charge is 0.495 e. The first kappa shape index (κ1) is 26.0. The number of ether oxygens (including phenoxy) is 1. The van der Waals surface area contributed by atoms with E-state index in [-0.39, 0.29) is 16.4 Å². The van der Waals surface area contributed by atoms with Crippen LogP contribution in [-0.4, -0.2) is 28.0 Å². The van der Waals surface area contributed by atoms with Gasteiger partial charge in [0.15, 0.2) is 5.76 Å². The maximum Gasteiger partial charge on any atom is 0.248 e. The lowest BCUT2D eigenvalue weighted by atomic mass is 9.46. The number of fused-ring (bicyclic) bond motifs is 7. The van der Waals surface area contributed by atoms with Crippen LogP contribution in [0.2, 0.25) is 0 Å². The van der Waals surface area contributed by atoms with Crippen LogP contribution in [0.1, 0.15) is 69.3 Å². The molecule has 3 saturated carbocycles. The number of nitrogens with zero attached hydrogens (tertiary/aromatic N) is 1. The highest BCUT2D eigenvalue weighted by Gasteiger charge is 2.63. The molecule has 204 valence electrons. The summed E-state index contributed by atoms with van der Waals surface area (Å²) in [5.74, 6) is 6.33. The van der Waals surface area contributed by atoms with Gasteiger partial charge in [-0.25, -0.2) is 0 Å². The number of aryl methyl sites for hydroxylation is 1. The standard InChI is InChI=1S/C22H27NO2.C11H11NO2/c1-4-22(24)10-8-18-16-6-5-15-11-19-14(13-23-25-19)12-20(15,2)17(16)7-9-21(18,22)3;1-7-6-10(13)12-11-8(7)4-3-5-9(11)14-2/h1,11,13,16-18,24H,5-10,12H2,2-3H3;3-6H,1-2H3,(H,12,13). The van der Waals surface area contributed by atoms with Crippen molar-refractivity contribution in [1.82, 2.24) is 10.1 Å². The molecule has 0 spiro atoms. The molecule has 0 aliphatic heterocycles. The average Bonchev–Trinajstić information content (AvgIpc) is 3.48. The number of benzene rings is 1.